The molecule has 2 rings (SSSR count). The second-order valence-corrected chi connectivity index (χ2v) is 6.13. The van der Waals surface area contributed by atoms with E-state index in [-0.39, 0.29) is 0 Å². The van der Waals surface area contributed by atoms with E-state index in [2.05, 4.69) is 19.1 Å². The van der Waals surface area contributed by atoms with Crippen molar-refractivity contribution < 1.29 is 4.79 Å². The van der Waals surface area contributed by atoms with Gasteiger partial charge in [-0.25, -0.2) is 0 Å². The van der Waals surface area contributed by atoms with Crippen molar-refractivity contribution in [1.82, 2.24) is 0 Å². The fourth-order valence-corrected chi connectivity index (χ4v) is 3.13. The van der Waals surface area contributed by atoms with Gasteiger partial charge in [0.15, 0.2) is 5.78 Å². The molecule has 0 unspecified atom stereocenters. The third kappa shape index (κ3) is 4.47. The Bertz CT molecular complexity index is 433. The summed E-state index contributed by atoms with van der Waals surface area (Å²) in [5, 5.41) is 0. The van der Waals surface area contributed by atoms with Crippen LogP contribution in [0.1, 0.15) is 86.2 Å². The van der Waals surface area contributed by atoms with Gasteiger partial charge in [-0.05, 0) is 42.9 Å². The molecule has 0 bridgehead atoms. The van der Waals surface area contributed by atoms with Gasteiger partial charge in [0.05, 0.1) is 0 Å². The smallest absolute Gasteiger partial charge is 0.162 e. The summed E-state index contributed by atoms with van der Waals surface area (Å²) >= 11 is 0. The van der Waals surface area contributed by atoms with Crippen molar-refractivity contribution in [2.45, 2.75) is 77.6 Å². The summed E-state index contributed by atoms with van der Waals surface area (Å²) in [4.78, 5) is 12.2. The Kier molecular flexibility index (Phi) is 6.29. The Morgan fingerprint density at radius 3 is 2.45 bits per heavy atom. The fraction of sp³-hybridized carbons (Fsp3) is 0.632. The molecule has 0 amide bonds. The lowest BCUT2D eigenvalue weighted by atomic mass is 10.00. The first-order valence-electron chi connectivity index (χ1n) is 8.46. The minimum absolute atomic E-state index is 0.341. The van der Waals surface area contributed by atoms with Crippen LogP contribution >= 0.6 is 0 Å². The third-order valence-electron chi connectivity index (χ3n) is 4.43. The number of carbonyl (C=O) groups excluding carboxylic acids is 1. The molecular weight excluding hydrogens is 244 g/mol. The molecule has 0 spiro atoms. The lowest BCUT2D eigenvalue weighted by Gasteiger charge is -2.05. The molecule has 1 heteroatoms. The number of ketones is 1. The molecule has 1 aromatic rings. The Morgan fingerprint density at radius 2 is 1.65 bits per heavy atom. The van der Waals surface area contributed by atoms with E-state index in [1.807, 2.05) is 6.07 Å². The molecule has 0 saturated heterocycles. The number of benzene rings is 1. The molecule has 0 aliphatic heterocycles. The minimum atomic E-state index is 0.341. The quantitative estimate of drug-likeness (QED) is 0.428. The summed E-state index contributed by atoms with van der Waals surface area (Å²) in [7, 11) is 0. The second-order valence-electron chi connectivity index (χ2n) is 6.13. The minimum Gasteiger partial charge on any atom is -0.294 e. The van der Waals surface area contributed by atoms with E-state index in [0.29, 0.717) is 5.78 Å². The maximum absolute atomic E-state index is 12.2. The molecule has 20 heavy (non-hydrogen) atoms. The third-order valence-corrected chi connectivity index (χ3v) is 4.43. The lowest BCUT2D eigenvalue weighted by Crippen LogP contribution is -2.00. The molecule has 0 saturated carbocycles. The van der Waals surface area contributed by atoms with Crippen molar-refractivity contribution in [3.05, 3.63) is 34.9 Å². The van der Waals surface area contributed by atoms with E-state index >= 15 is 0 Å². The first-order chi connectivity index (χ1) is 9.81. The summed E-state index contributed by atoms with van der Waals surface area (Å²) < 4.78 is 0. The maximum atomic E-state index is 12.2. The topological polar surface area (TPSA) is 17.1 Å². The highest BCUT2D eigenvalue weighted by atomic mass is 16.1. The van der Waals surface area contributed by atoms with Crippen LogP contribution in [0.15, 0.2) is 18.2 Å². The molecule has 1 aromatic carbocycles. The van der Waals surface area contributed by atoms with Crippen molar-refractivity contribution >= 4 is 5.78 Å². The van der Waals surface area contributed by atoms with Crippen molar-refractivity contribution in [2.24, 2.45) is 0 Å². The maximum Gasteiger partial charge on any atom is 0.162 e. The number of Topliss-reactive ketones (excluding diaryl/α,β-unsaturated/α-hetero) is 1. The molecule has 0 fully saturated rings. The van der Waals surface area contributed by atoms with E-state index in [9.17, 15) is 4.79 Å². The molecular formula is C19H28O. The van der Waals surface area contributed by atoms with Gasteiger partial charge in [-0.3, -0.25) is 4.79 Å². The van der Waals surface area contributed by atoms with Crippen molar-refractivity contribution in [3.8, 4) is 0 Å². The van der Waals surface area contributed by atoms with E-state index < -0.39 is 0 Å². The van der Waals surface area contributed by atoms with Crippen LogP contribution in [0.3, 0.4) is 0 Å². The average Bonchev–Trinajstić information content (AvgIpc) is 2.93. The van der Waals surface area contributed by atoms with E-state index in [4.69, 9.17) is 0 Å². The number of carbonyl (C=O) groups is 1. The van der Waals surface area contributed by atoms with E-state index in [1.54, 1.807) is 0 Å². The monoisotopic (exact) mass is 272 g/mol. The largest absolute Gasteiger partial charge is 0.294 e. The van der Waals surface area contributed by atoms with Crippen LogP contribution in [0.4, 0.5) is 0 Å². The summed E-state index contributed by atoms with van der Waals surface area (Å²) in [5.74, 6) is 0.341. The summed E-state index contributed by atoms with van der Waals surface area (Å²) in [6.45, 7) is 2.25. The highest BCUT2D eigenvalue weighted by Crippen LogP contribution is 2.23. The Hall–Kier alpha value is -1.11. The number of fused-ring (bicyclic) bond motifs is 1. The number of hydrogen-bond acceptors (Lipinski definition) is 1. The molecule has 1 nitrogen and oxygen atoms in total. The first-order valence-corrected chi connectivity index (χ1v) is 8.46. The van der Waals surface area contributed by atoms with Gasteiger partial charge in [0.1, 0.15) is 0 Å². The lowest BCUT2D eigenvalue weighted by molar-refractivity contribution is 0.0979. The number of rotatable bonds is 9. The van der Waals surface area contributed by atoms with Crippen LogP contribution in [-0.2, 0) is 12.8 Å². The molecule has 1 aliphatic rings. The molecule has 0 N–H and O–H groups in total. The molecule has 0 atom stereocenters. The Labute approximate surface area is 123 Å². The fourth-order valence-electron chi connectivity index (χ4n) is 3.13. The van der Waals surface area contributed by atoms with Gasteiger partial charge in [0.25, 0.3) is 0 Å². The summed E-state index contributed by atoms with van der Waals surface area (Å²) in [5.41, 5.74) is 3.81. The zero-order chi connectivity index (χ0) is 14.2. The van der Waals surface area contributed by atoms with Gasteiger partial charge < -0.3 is 0 Å². The average molecular weight is 272 g/mol. The predicted molar refractivity (Wildman–Crippen MR) is 85.4 cm³/mol. The normalized spacial score (nSPS) is 13.4. The van der Waals surface area contributed by atoms with Crippen molar-refractivity contribution in [1.29, 1.82) is 0 Å². The standard InChI is InChI=1S/C19H28O/c1-2-3-4-5-6-7-8-12-19(20)18-14-13-16-10-9-11-17(16)15-18/h13-15H,2-12H2,1H3. The molecule has 0 aromatic heterocycles. The number of aryl methyl sites for hydroxylation is 2. The highest BCUT2D eigenvalue weighted by Gasteiger charge is 2.13. The van der Waals surface area contributed by atoms with Crippen molar-refractivity contribution in [3.63, 3.8) is 0 Å². The van der Waals surface area contributed by atoms with Crippen LogP contribution in [0, 0.1) is 0 Å². The zero-order valence-electron chi connectivity index (χ0n) is 12.9. The van der Waals surface area contributed by atoms with Gasteiger partial charge in [-0.1, -0.05) is 57.6 Å². The molecule has 0 radical (unpaired) electrons. The molecule has 0 heterocycles. The SMILES string of the molecule is CCCCCCCCCC(=O)c1ccc2c(c1)CCC2. The second kappa shape index (κ2) is 8.24. The van der Waals surface area contributed by atoms with Gasteiger partial charge in [-0.15, -0.1) is 0 Å². The van der Waals surface area contributed by atoms with E-state index in [1.165, 1.54) is 62.5 Å². The van der Waals surface area contributed by atoms with Gasteiger partial charge in [-0.2, -0.15) is 0 Å². The molecule has 110 valence electrons. The van der Waals surface area contributed by atoms with Gasteiger partial charge in [0, 0.05) is 12.0 Å². The number of hydrogen-bond donors (Lipinski definition) is 0. The first kappa shape index (κ1) is 15.3. The van der Waals surface area contributed by atoms with Crippen LogP contribution in [0.5, 0.6) is 0 Å². The van der Waals surface area contributed by atoms with Gasteiger partial charge in [0.2, 0.25) is 0 Å². The Balaban J connectivity index is 1.67. The Morgan fingerprint density at radius 1 is 0.950 bits per heavy atom. The van der Waals surface area contributed by atoms with Crippen LogP contribution in [0.2, 0.25) is 0 Å². The van der Waals surface area contributed by atoms with Gasteiger partial charge >= 0.3 is 0 Å². The summed E-state index contributed by atoms with van der Waals surface area (Å²) in [6, 6.07) is 6.35. The molecule has 1 aliphatic carbocycles. The predicted octanol–water partition coefficient (Wildman–Crippen LogP) is 5.50. The van der Waals surface area contributed by atoms with Crippen LogP contribution < -0.4 is 0 Å². The van der Waals surface area contributed by atoms with Crippen LogP contribution in [-0.4, -0.2) is 5.78 Å². The van der Waals surface area contributed by atoms with E-state index in [0.717, 1.165) is 24.8 Å². The number of unbranched alkanes of at least 4 members (excludes halogenated alkanes) is 6. The zero-order valence-corrected chi connectivity index (χ0v) is 12.9. The highest BCUT2D eigenvalue weighted by molar-refractivity contribution is 5.96. The summed E-state index contributed by atoms with van der Waals surface area (Å²) in [6.07, 6.45) is 13.2. The van der Waals surface area contributed by atoms with Crippen molar-refractivity contribution in [2.75, 3.05) is 0 Å². The van der Waals surface area contributed by atoms with Crippen LogP contribution in [0.25, 0.3) is 0 Å².